The quantitative estimate of drug-likeness (QED) is 0.517. The molecule has 0 saturated carbocycles. The highest BCUT2D eigenvalue weighted by Gasteiger charge is 2.54. The summed E-state index contributed by atoms with van der Waals surface area (Å²) in [6.07, 6.45) is -0.731. The minimum Gasteiger partial charge on any atom is -0.465 e. The number of primary amides is 1. The molecular weight excluding hydrogens is 382 g/mol. The molecule has 2 amide bonds. The summed E-state index contributed by atoms with van der Waals surface area (Å²) in [5.41, 5.74) is 13.6. The van der Waals surface area contributed by atoms with Crippen LogP contribution in [0.15, 0.2) is 42.5 Å². The van der Waals surface area contributed by atoms with Crippen molar-refractivity contribution in [3.63, 3.8) is 0 Å². The number of fused-ring (bicyclic) bond motifs is 2. The lowest BCUT2D eigenvalue weighted by Gasteiger charge is -2.54. The highest BCUT2D eigenvalue weighted by molar-refractivity contribution is 6.04. The number of aromatic amines is 1. The first-order chi connectivity index (χ1) is 14.1. The van der Waals surface area contributed by atoms with Gasteiger partial charge in [0.05, 0.1) is 17.1 Å². The van der Waals surface area contributed by atoms with Gasteiger partial charge in [-0.2, -0.15) is 0 Å². The van der Waals surface area contributed by atoms with Crippen LogP contribution in [-0.4, -0.2) is 32.0 Å². The molecule has 1 aliphatic rings. The molecule has 8 heteroatoms. The van der Waals surface area contributed by atoms with Crippen molar-refractivity contribution in [3.8, 4) is 0 Å². The zero-order valence-corrected chi connectivity index (χ0v) is 17.1. The van der Waals surface area contributed by atoms with Crippen LogP contribution in [0.1, 0.15) is 54.1 Å². The number of nitrogens with zero attached hydrogens (tertiary/aromatic N) is 2. The predicted octanol–water partition coefficient (Wildman–Crippen LogP) is 3.10. The third-order valence-electron chi connectivity index (χ3n) is 5.99. The van der Waals surface area contributed by atoms with Crippen molar-refractivity contribution >= 4 is 23.0 Å². The Hall–Kier alpha value is -3.39. The fraction of sp³-hybridized carbons (Fsp3) is 0.318. The predicted molar refractivity (Wildman–Crippen MR) is 113 cm³/mol. The van der Waals surface area contributed by atoms with Gasteiger partial charge >= 0.3 is 6.09 Å². The number of benzene rings is 2. The van der Waals surface area contributed by atoms with Gasteiger partial charge in [0.2, 0.25) is 0 Å². The number of nitrogens with one attached hydrogen (secondary N) is 1. The summed E-state index contributed by atoms with van der Waals surface area (Å²) in [6.45, 7) is 5.77. The Labute approximate surface area is 173 Å². The average Bonchev–Trinajstić information content (AvgIpc) is 3.10. The van der Waals surface area contributed by atoms with E-state index < -0.39 is 29.1 Å². The molecule has 2 unspecified atom stereocenters. The third kappa shape index (κ3) is 2.75. The largest absolute Gasteiger partial charge is 0.465 e. The zero-order chi connectivity index (χ0) is 21.8. The van der Waals surface area contributed by atoms with Crippen molar-refractivity contribution in [1.29, 1.82) is 0 Å². The minimum atomic E-state index is -1.29. The van der Waals surface area contributed by atoms with Crippen molar-refractivity contribution in [2.75, 3.05) is 0 Å². The molecule has 1 aliphatic heterocycles. The van der Waals surface area contributed by atoms with E-state index in [0.29, 0.717) is 23.3 Å². The highest BCUT2D eigenvalue weighted by Crippen LogP contribution is 2.49. The molecule has 0 spiro atoms. The number of H-pyrrole nitrogens is 1. The van der Waals surface area contributed by atoms with E-state index in [2.05, 4.69) is 9.97 Å². The molecule has 0 fully saturated rings. The second-order valence-electron chi connectivity index (χ2n) is 8.73. The van der Waals surface area contributed by atoms with E-state index >= 15 is 0 Å². The van der Waals surface area contributed by atoms with E-state index in [1.807, 2.05) is 45.0 Å². The van der Waals surface area contributed by atoms with Gasteiger partial charge < -0.3 is 21.6 Å². The Balaban J connectivity index is 1.96. The van der Waals surface area contributed by atoms with Crippen LogP contribution in [-0.2, 0) is 12.1 Å². The smallest absolute Gasteiger partial charge is 0.409 e. The molecule has 4 rings (SSSR count). The van der Waals surface area contributed by atoms with E-state index in [4.69, 9.17) is 11.5 Å². The molecule has 30 heavy (non-hydrogen) atoms. The van der Waals surface area contributed by atoms with Crippen LogP contribution in [0.4, 0.5) is 4.79 Å². The standard InChI is InChI=1S/C22H25N5O3/c1-21(2,3)22(24)14-9-5-4-7-12(14)11-16(27(22)20(29)30)19-25-15-10-6-8-13(18(23)28)17(15)26-19/h4-10,16H,11,24H2,1-3H3,(H2,23,28)(H,25,26)(H,29,30). The van der Waals surface area contributed by atoms with Crippen molar-refractivity contribution in [2.45, 2.75) is 38.9 Å². The van der Waals surface area contributed by atoms with E-state index in [0.717, 1.165) is 11.1 Å². The zero-order valence-electron chi connectivity index (χ0n) is 17.1. The van der Waals surface area contributed by atoms with Crippen molar-refractivity contribution < 1.29 is 14.7 Å². The number of imidazole rings is 1. The van der Waals surface area contributed by atoms with Crippen molar-refractivity contribution in [2.24, 2.45) is 16.9 Å². The van der Waals surface area contributed by atoms with Gasteiger partial charge in [0.1, 0.15) is 17.0 Å². The summed E-state index contributed by atoms with van der Waals surface area (Å²) in [7, 11) is 0. The molecule has 156 valence electrons. The number of amides is 2. The van der Waals surface area contributed by atoms with Crippen LogP contribution in [0.3, 0.4) is 0 Å². The maximum Gasteiger partial charge on any atom is 0.409 e. The lowest BCUT2D eigenvalue weighted by molar-refractivity contribution is -0.0366. The Morgan fingerprint density at radius 1 is 1.20 bits per heavy atom. The molecule has 0 aliphatic carbocycles. The third-order valence-corrected chi connectivity index (χ3v) is 5.99. The number of carbonyl (C=O) groups excluding carboxylic acids is 1. The number of carbonyl (C=O) groups is 2. The first-order valence-corrected chi connectivity index (χ1v) is 9.73. The average molecular weight is 407 g/mol. The summed E-state index contributed by atoms with van der Waals surface area (Å²) in [5, 5.41) is 10.2. The lowest BCUT2D eigenvalue weighted by Crippen LogP contribution is -2.65. The number of aromatic nitrogens is 2. The van der Waals surface area contributed by atoms with Crippen LogP contribution in [0.2, 0.25) is 0 Å². The van der Waals surface area contributed by atoms with Gasteiger partial charge in [-0.1, -0.05) is 51.1 Å². The van der Waals surface area contributed by atoms with Crippen LogP contribution in [0.25, 0.3) is 11.0 Å². The van der Waals surface area contributed by atoms with Gasteiger partial charge in [-0.25, -0.2) is 9.78 Å². The second-order valence-corrected chi connectivity index (χ2v) is 8.73. The summed E-state index contributed by atoms with van der Waals surface area (Å²) in [5.74, 6) is -0.166. The van der Waals surface area contributed by atoms with Crippen LogP contribution < -0.4 is 11.5 Å². The van der Waals surface area contributed by atoms with E-state index in [1.165, 1.54) is 4.90 Å². The molecular formula is C22H25N5O3. The number of nitrogens with two attached hydrogens (primary N) is 2. The Morgan fingerprint density at radius 2 is 1.90 bits per heavy atom. The molecule has 0 saturated heterocycles. The summed E-state index contributed by atoms with van der Waals surface area (Å²) >= 11 is 0. The van der Waals surface area contributed by atoms with Crippen LogP contribution in [0.5, 0.6) is 0 Å². The van der Waals surface area contributed by atoms with E-state index in [1.54, 1.807) is 18.2 Å². The highest BCUT2D eigenvalue weighted by atomic mass is 16.4. The van der Waals surface area contributed by atoms with Gasteiger partial charge in [0.25, 0.3) is 5.91 Å². The van der Waals surface area contributed by atoms with E-state index in [-0.39, 0.29) is 5.56 Å². The number of rotatable bonds is 2. The van der Waals surface area contributed by atoms with Crippen molar-refractivity contribution in [3.05, 3.63) is 65.0 Å². The molecule has 1 aromatic heterocycles. The molecule has 6 N–H and O–H groups in total. The fourth-order valence-electron chi connectivity index (χ4n) is 4.42. The minimum absolute atomic E-state index is 0.280. The Kier molecular flexibility index (Phi) is 4.36. The molecule has 8 nitrogen and oxygen atoms in total. The number of carboxylic acid groups (broad SMARTS) is 1. The molecule has 0 radical (unpaired) electrons. The van der Waals surface area contributed by atoms with Gasteiger partial charge in [0, 0.05) is 11.8 Å². The second kappa shape index (κ2) is 6.56. The molecule has 3 aromatic rings. The maximum atomic E-state index is 12.5. The summed E-state index contributed by atoms with van der Waals surface area (Å²) in [4.78, 5) is 33.4. The van der Waals surface area contributed by atoms with Crippen LogP contribution >= 0.6 is 0 Å². The van der Waals surface area contributed by atoms with E-state index in [9.17, 15) is 14.7 Å². The Bertz CT molecular complexity index is 1160. The summed E-state index contributed by atoms with van der Waals surface area (Å²) in [6, 6.07) is 12.1. The fourth-order valence-corrected chi connectivity index (χ4v) is 4.42. The van der Waals surface area contributed by atoms with Gasteiger partial charge in [-0.15, -0.1) is 0 Å². The Morgan fingerprint density at radius 3 is 2.53 bits per heavy atom. The van der Waals surface area contributed by atoms with Gasteiger partial charge in [-0.3, -0.25) is 9.69 Å². The molecule has 2 atom stereocenters. The topological polar surface area (TPSA) is 138 Å². The SMILES string of the molecule is CC(C)(C)C1(N)c2ccccc2CC(c2nc3c(C(N)=O)cccc3[nH]2)N1C(=O)O. The lowest BCUT2D eigenvalue weighted by atomic mass is 9.70. The number of hydrogen-bond acceptors (Lipinski definition) is 4. The van der Waals surface area contributed by atoms with Crippen LogP contribution in [0, 0.1) is 5.41 Å². The molecule has 2 heterocycles. The number of para-hydroxylation sites is 1. The maximum absolute atomic E-state index is 12.5. The molecule has 2 aromatic carbocycles. The van der Waals surface area contributed by atoms with Gasteiger partial charge in [-0.05, 0) is 23.3 Å². The molecule has 0 bridgehead atoms. The van der Waals surface area contributed by atoms with Gasteiger partial charge in [0.15, 0.2) is 0 Å². The number of hydrogen-bond donors (Lipinski definition) is 4. The summed E-state index contributed by atoms with van der Waals surface area (Å²) < 4.78 is 0. The first kappa shape index (κ1) is 19.9. The normalized spacial score (nSPS) is 21.5. The first-order valence-electron chi connectivity index (χ1n) is 9.73. The van der Waals surface area contributed by atoms with Crippen molar-refractivity contribution in [1.82, 2.24) is 14.9 Å². The monoisotopic (exact) mass is 407 g/mol.